The minimum atomic E-state index is -0.643. The molecule has 1 aromatic heterocycles. The Kier molecular flexibility index (Phi) is 7.74. The summed E-state index contributed by atoms with van der Waals surface area (Å²) in [5.41, 5.74) is 2.38. The smallest absolute Gasteiger partial charge is 0.270 e. The van der Waals surface area contributed by atoms with Crippen LogP contribution < -0.4 is 14.2 Å². The van der Waals surface area contributed by atoms with Crippen molar-refractivity contribution < 1.29 is 19.2 Å². The number of non-ortho nitro benzene ring substituents is 1. The van der Waals surface area contributed by atoms with Crippen molar-refractivity contribution in [3.05, 3.63) is 70.0 Å². The Labute approximate surface area is 188 Å². The number of methoxy groups -OCH3 is 2. The van der Waals surface area contributed by atoms with Crippen LogP contribution in [0.25, 0.3) is 5.69 Å². The van der Waals surface area contributed by atoms with E-state index in [1.165, 1.54) is 6.07 Å². The minimum absolute atomic E-state index is 0.00722. The number of nitrogens with zero attached hydrogens (tertiary/aromatic N) is 3. The number of hydrogen-bond donors (Lipinski definition) is 1. The van der Waals surface area contributed by atoms with Crippen LogP contribution in [-0.4, -0.2) is 40.6 Å². The first-order valence-corrected chi connectivity index (χ1v) is 11.0. The fourth-order valence-corrected chi connectivity index (χ4v) is 4.64. The van der Waals surface area contributed by atoms with Crippen molar-refractivity contribution in [3.63, 3.8) is 0 Å². The summed E-state index contributed by atoms with van der Waals surface area (Å²) < 4.78 is 15.8. The molecule has 0 saturated carbocycles. The lowest BCUT2D eigenvalue weighted by atomic mass is 10.2. The zero-order valence-electron chi connectivity index (χ0n) is 18.0. The second-order valence-electron chi connectivity index (χ2n) is 6.65. The standard InChI is InChI=1S/C22H24N4O5S/c1-4-32(24-14-17-5-7-19(30-2)12-21(17)31-3)22-11-18(26(28)29)6-8-20(22)25-15-16(9-10-27)13-23-25/h4-8,10-13,15,24H,9,14H2,1-3H3. The summed E-state index contributed by atoms with van der Waals surface area (Å²) in [6.07, 6.45) is 4.43. The van der Waals surface area contributed by atoms with E-state index < -0.39 is 15.6 Å². The molecule has 0 aliphatic rings. The lowest BCUT2D eigenvalue weighted by Gasteiger charge is -2.17. The monoisotopic (exact) mass is 456 g/mol. The summed E-state index contributed by atoms with van der Waals surface area (Å²) in [5.74, 6) is 1.37. The molecule has 3 rings (SSSR count). The molecule has 9 nitrogen and oxygen atoms in total. The Morgan fingerprint density at radius 3 is 2.69 bits per heavy atom. The average molecular weight is 457 g/mol. The molecule has 1 N–H and O–H groups in total. The number of ether oxygens (including phenoxy) is 2. The molecular weight excluding hydrogens is 432 g/mol. The minimum Gasteiger partial charge on any atom is -0.497 e. The molecule has 2 aromatic carbocycles. The molecule has 0 aliphatic heterocycles. The van der Waals surface area contributed by atoms with E-state index >= 15 is 0 Å². The fourth-order valence-electron chi connectivity index (χ4n) is 3.12. The second-order valence-corrected chi connectivity index (χ2v) is 8.52. The van der Waals surface area contributed by atoms with Gasteiger partial charge < -0.3 is 14.3 Å². The van der Waals surface area contributed by atoms with Gasteiger partial charge in [0.2, 0.25) is 0 Å². The molecule has 0 fully saturated rings. The number of aromatic nitrogens is 2. The number of rotatable bonds is 10. The third-order valence-corrected chi connectivity index (χ3v) is 6.47. The maximum Gasteiger partial charge on any atom is 0.270 e. The summed E-state index contributed by atoms with van der Waals surface area (Å²) in [6.45, 7) is 2.36. The zero-order chi connectivity index (χ0) is 23.1. The molecule has 0 radical (unpaired) electrons. The summed E-state index contributed by atoms with van der Waals surface area (Å²) in [4.78, 5) is 22.5. The van der Waals surface area contributed by atoms with Gasteiger partial charge in [0.15, 0.2) is 0 Å². The van der Waals surface area contributed by atoms with Crippen LogP contribution in [0.5, 0.6) is 11.5 Å². The van der Waals surface area contributed by atoms with Gasteiger partial charge in [-0.15, -0.1) is 0 Å². The number of nitrogens with one attached hydrogen (secondary N) is 1. The Hall–Kier alpha value is -3.50. The van der Waals surface area contributed by atoms with Gasteiger partial charge in [-0.05, 0) is 30.0 Å². The van der Waals surface area contributed by atoms with E-state index in [4.69, 9.17) is 9.47 Å². The first-order chi connectivity index (χ1) is 15.5. The van der Waals surface area contributed by atoms with Crippen LogP contribution >= 0.6 is 10.7 Å². The van der Waals surface area contributed by atoms with E-state index in [1.807, 2.05) is 30.5 Å². The molecule has 32 heavy (non-hydrogen) atoms. The van der Waals surface area contributed by atoms with Gasteiger partial charge in [-0.25, -0.2) is 4.68 Å². The number of aldehydes is 1. The average Bonchev–Trinajstić information content (AvgIpc) is 3.28. The first kappa shape index (κ1) is 23.2. The number of nitro benzene ring substituents is 1. The van der Waals surface area contributed by atoms with Gasteiger partial charge in [-0.1, -0.05) is 16.7 Å². The Morgan fingerprint density at radius 2 is 2.03 bits per heavy atom. The number of hydrogen-bond acceptors (Lipinski definition) is 7. The molecular formula is C22H24N4O5S. The molecule has 1 heterocycles. The third-order valence-electron chi connectivity index (χ3n) is 4.74. The number of nitro groups is 1. The first-order valence-electron chi connectivity index (χ1n) is 9.73. The van der Waals surface area contributed by atoms with Crippen LogP contribution in [0, 0.1) is 10.1 Å². The maximum atomic E-state index is 11.4. The summed E-state index contributed by atoms with van der Waals surface area (Å²) >= 11 is 0. The topological polar surface area (TPSA) is 109 Å². The summed E-state index contributed by atoms with van der Waals surface area (Å²) in [6, 6.07) is 10.2. The van der Waals surface area contributed by atoms with Crippen LogP contribution in [0.4, 0.5) is 5.69 Å². The Bertz CT molecular complexity index is 1160. The van der Waals surface area contributed by atoms with Crippen molar-refractivity contribution in [1.29, 1.82) is 0 Å². The van der Waals surface area contributed by atoms with Gasteiger partial charge in [0.1, 0.15) is 17.8 Å². The molecule has 3 aromatic rings. The Morgan fingerprint density at radius 1 is 1.22 bits per heavy atom. The zero-order valence-corrected chi connectivity index (χ0v) is 18.8. The quantitative estimate of drug-likeness (QED) is 0.214. The summed E-state index contributed by atoms with van der Waals surface area (Å²) in [5, 5.41) is 17.7. The van der Waals surface area contributed by atoms with Crippen molar-refractivity contribution >= 4 is 28.0 Å². The maximum absolute atomic E-state index is 11.4. The van der Waals surface area contributed by atoms with Crippen LogP contribution in [0.3, 0.4) is 0 Å². The van der Waals surface area contributed by atoms with Crippen molar-refractivity contribution in [1.82, 2.24) is 14.5 Å². The third kappa shape index (κ3) is 5.21. The lowest BCUT2D eigenvalue weighted by Crippen LogP contribution is -2.10. The van der Waals surface area contributed by atoms with Crippen molar-refractivity contribution in [3.8, 4) is 17.2 Å². The molecule has 168 valence electrons. The highest BCUT2D eigenvalue weighted by Crippen LogP contribution is 2.34. The number of carbonyl (C=O) groups excluding carboxylic acids is 1. The molecule has 1 unspecified atom stereocenters. The van der Waals surface area contributed by atoms with E-state index in [1.54, 1.807) is 43.4 Å². The van der Waals surface area contributed by atoms with E-state index in [-0.39, 0.29) is 12.1 Å². The van der Waals surface area contributed by atoms with Gasteiger partial charge in [-0.2, -0.15) is 5.10 Å². The fraction of sp³-hybridized carbons (Fsp3) is 0.227. The lowest BCUT2D eigenvalue weighted by molar-refractivity contribution is -0.385. The Balaban J connectivity index is 1.96. The molecule has 0 amide bonds. The van der Waals surface area contributed by atoms with Crippen LogP contribution in [-0.2, 0) is 17.8 Å². The van der Waals surface area contributed by atoms with E-state index in [0.717, 1.165) is 22.3 Å². The molecule has 0 aliphatic carbocycles. The largest absolute Gasteiger partial charge is 0.497 e. The number of benzene rings is 2. The highest BCUT2D eigenvalue weighted by atomic mass is 32.2. The van der Waals surface area contributed by atoms with E-state index in [9.17, 15) is 14.9 Å². The van der Waals surface area contributed by atoms with Gasteiger partial charge in [0.25, 0.3) is 5.69 Å². The van der Waals surface area contributed by atoms with Crippen LogP contribution in [0.1, 0.15) is 18.1 Å². The van der Waals surface area contributed by atoms with Gasteiger partial charge in [0.05, 0.1) is 31.0 Å². The van der Waals surface area contributed by atoms with E-state index in [0.29, 0.717) is 23.7 Å². The van der Waals surface area contributed by atoms with Crippen molar-refractivity contribution in [2.75, 3.05) is 14.2 Å². The second kappa shape index (κ2) is 10.7. The molecule has 0 saturated heterocycles. The van der Waals surface area contributed by atoms with E-state index in [2.05, 4.69) is 9.82 Å². The van der Waals surface area contributed by atoms with Crippen LogP contribution in [0.2, 0.25) is 0 Å². The van der Waals surface area contributed by atoms with Crippen LogP contribution in [0.15, 0.2) is 53.7 Å². The highest BCUT2D eigenvalue weighted by Gasteiger charge is 2.16. The van der Waals surface area contributed by atoms with Gasteiger partial charge in [-0.3, -0.25) is 14.8 Å². The highest BCUT2D eigenvalue weighted by molar-refractivity contribution is 8.13. The van der Waals surface area contributed by atoms with Gasteiger partial charge in [0, 0.05) is 47.8 Å². The predicted molar refractivity (Wildman–Crippen MR) is 124 cm³/mol. The molecule has 0 bridgehead atoms. The molecule has 0 spiro atoms. The normalized spacial score (nSPS) is 11.8. The SMILES string of the molecule is CC=S(NCc1ccc(OC)cc1OC)c1cc([N+](=O)[O-])ccc1-n1cc(CC=O)cn1. The number of carbonyl (C=O) groups is 1. The molecule has 1 atom stereocenters. The van der Waals surface area contributed by atoms with Crippen molar-refractivity contribution in [2.24, 2.45) is 0 Å². The molecule has 10 heteroatoms. The predicted octanol–water partition coefficient (Wildman–Crippen LogP) is 3.69. The van der Waals surface area contributed by atoms with Crippen molar-refractivity contribution in [2.45, 2.75) is 24.8 Å². The van der Waals surface area contributed by atoms with Gasteiger partial charge >= 0.3 is 0 Å². The summed E-state index contributed by atoms with van der Waals surface area (Å²) in [7, 11) is 2.54.